The molecule has 5 rings (SSSR count). The molecule has 3 heterocycles. The fourth-order valence-electron chi connectivity index (χ4n) is 3.97. The molecular weight excluding hydrogens is 396 g/mol. The van der Waals surface area contributed by atoms with Crippen LogP contribution in [0.5, 0.6) is 0 Å². The first-order valence-corrected chi connectivity index (χ1v) is 10.0. The number of fused-ring (bicyclic) bond motifs is 2. The molecule has 1 aromatic heterocycles. The number of hydrogen-bond acceptors (Lipinski definition) is 5. The zero-order chi connectivity index (χ0) is 21.7. The predicted octanol–water partition coefficient (Wildman–Crippen LogP) is 4.52. The summed E-state index contributed by atoms with van der Waals surface area (Å²) in [5.41, 5.74) is 9.31. The lowest BCUT2D eigenvalue weighted by molar-refractivity contribution is 0.263. The third kappa shape index (κ3) is 3.27. The van der Waals surface area contributed by atoms with Gasteiger partial charge in [0.1, 0.15) is 17.5 Å². The molecule has 156 valence electrons. The molecule has 0 saturated carbocycles. The summed E-state index contributed by atoms with van der Waals surface area (Å²) in [5, 5.41) is 5.16. The van der Waals surface area contributed by atoms with Crippen LogP contribution < -0.4 is 10.7 Å². The lowest BCUT2D eigenvalue weighted by Gasteiger charge is -2.20. The highest BCUT2D eigenvalue weighted by atomic mass is 19.1. The van der Waals surface area contributed by atoms with Crippen LogP contribution >= 0.6 is 0 Å². The van der Waals surface area contributed by atoms with Gasteiger partial charge in [-0.1, -0.05) is 12.1 Å². The van der Waals surface area contributed by atoms with Gasteiger partial charge in [0.2, 0.25) is 0 Å². The van der Waals surface area contributed by atoms with Crippen molar-refractivity contribution in [2.45, 2.75) is 19.9 Å². The summed E-state index contributed by atoms with van der Waals surface area (Å²) in [6.45, 7) is 3.96. The van der Waals surface area contributed by atoms with Crippen molar-refractivity contribution in [3.05, 3.63) is 88.9 Å². The van der Waals surface area contributed by atoms with E-state index in [2.05, 4.69) is 20.7 Å². The van der Waals surface area contributed by atoms with Crippen molar-refractivity contribution in [1.82, 2.24) is 20.7 Å². The van der Waals surface area contributed by atoms with Crippen LogP contribution in [0.3, 0.4) is 0 Å². The highest BCUT2D eigenvalue weighted by molar-refractivity contribution is 6.05. The van der Waals surface area contributed by atoms with Gasteiger partial charge in [-0.25, -0.2) is 18.8 Å². The number of pyridine rings is 1. The Balaban J connectivity index is 1.72. The van der Waals surface area contributed by atoms with Gasteiger partial charge in [0.05, 0.1) is 28.7 Å². The van der Waals surface area contributed by atoms with Gasteiger partial charge in [-0.05, 0) is 61.4 Å². The molecular formula is C24H21F2N5. The van der Waals surface area contributed by atoms with Crippen molar-refractivity contribution >= 4 is 17.2 Å². The predicted molar refractivity (Wildman–Crippen MR) is 117 cm³/mol. The Labute approximate surface area is 179 Å². The number of halogens is 2. The molecule has 5 nitrogen and oxygen atoms in total. The quantitative estimate of drug-likeness (QED) is 0.644. The molecule has 1 unspecified atom stereocenters. The number of aryl methyl sites for hydroxylation is 1. The SMILES string of the molecule is Cc1cc(-c2ccc3c(c2)C2=C(NC(c4c(F)cccc4F)=N3)C(C)N(C)N2)ccn1. The molecule has 3 aromatic rings. The molecule has 7 heteroatoms. The zero-order valence-electron chi connectivity index (χ0n) is 17.4. The van der Waals surface area contributed by atoms with Crippen LogP contribution in [-0.4, -0.2) is 28.9 Å². The van der Waals surface area contributed by atoms with Crippen molar-refractivity contribution < 1.29 is 8.78 Å². The summed E-state index contributed by atoms with van der Waals surface area (Å²) in [5.74, 6) is -1.17. The van der Waals surface area contributed by atoms with Gasteiger partial charge >= 0.3 is 0 Å². The van der Waals surface area contributed by atoms with Crippen molar-refractivity contribution in [2.24, 2.45) is 4.99 Å². The molecule has 2 N–H and O–H groups in total. The third-order valence-corrected chi connectivity index (χ3v) is 5.74. The average Bonchev–Trinajstić information content (AvgIpc) is 2.92. The number of amidine groups is 1. The van der Waals surface area contributed by atoms with E-state index in [4.69, 9.17) is 0 Å². The molecule has 0 fully saturated rings. The molecule has 1 atom stereocenters. The average molecular weight is 417 g/mol. The van der Waals surface area contributed by atoms with Crippen LogP contribution in [0, 0.1) is 18.6 Å². The van der Waals surface area contributed by atoms with E-state index in [1.54, 1.807) is 6.20 Å². The maximum atomic E-state index is 14.6. The van der Waals surface area contributed by atoms with Crippen LogP contribution in [-0.2, 0) is 0 Å². The van der Waals surface area contributed by atoms with E-state index in [0.717, 1.165) is 33.8 Å². The molecule has 0 spiro atoms. The number of hydrogen-bond donors (Lipinski definition) is 2. The lowest BCUT2D eigenvalue weighted by atomic mass is 9.99. The smallest absolute Gasteiger partial charge is 0.144 e. The Morgan fingerprint density at radius 2 is 1.74 bits per heavy atom. The van der Waals surface area contributed by atoms with Crippen molar-refractivity contribution in [3.8, 4) is 11.1 Å². The first-order chi connectivity index (χ1) is 14.9. The highest BCUT2D eigenvalue weighted by Gasteiger charge is 2.33. The Kier molecular flexibility index (Phi) is 4.55. The molecule has 2 aliphatic heterocycles. The second-order valence-corrected chi connectivity index (χ2v) is 7.79. The standard InChI is InChI=1S/C24H21F2N5/c1-13-11-16(9-10-27-13)15-7-8-20-17(12-15)23-22(14(2)31(3)30-23)29-24(28-20)21-18(25)5-4-6-19(21)26/h4-12,14,30H,1-3H3,(H,28,29). The summed E-state index contributed by atoms with van der Waals surface area (Å²) in [7, 11) is 1.93. The minimum atomic E-state index is -0.660. The number of aromatic nitrogens is 1. The summed E-state index contributed by atoms with van der Waals surface area (Å²) in [6.07, 6.45) is 1.78. The largest absolute Gasteiger partial charge is 0.340 e. The second-order valence-electron chi connectivity index (χ2n) is 7.79. The van der Waals surface area contributed by atoms with Gasteiger partial charge in [-0.15, -0.1) is 0 Å². The number of nitrogens with one attached hydrogen (secondary N) is 2. The molecule has 0 aliphatic carbocycles. The second kappa shape index (κ2) is 7.28. The summed E-state index contributed by atoms with van der Waals surface area (Å²) >= 11 is 0. The minimum Gasteiger partial charge on any atom is -0.340 e. The number of hydrazine groups is 1. The van der Waals surface area contributed by atoms with Crippen molar-refractivity contribution in [2.75, 3.05) is 7.05 Å². The fourth-order valence-corrected chi connectivity index (χ4v) is 3.97. The molecule has 0 amide bonds. The third-order valence-electron chi connectivity index (χ3n) is 5.74. The van der Waals surface area contributed by atoms with Crippen LogP contribution in [0.2, 0.25) is 0 Å². The van der Waals surface area contributed by atoms with E-state index in [-0.39, 0.29) is 17.4 Å². The number of rotatable bonds is 2. The zero-order valence-corrected chi connectivity index (χ0v) is 17.4. The summed E-state index contributed by atoms with van der Waals surface area (Å²) < 4.78 is 29.2. The molecule has 31 heavy (non-hydrogen) atoms. The maximum absolute atomic E-state index is 14.6. The van der Waals surface area contributed by atoms with Gasteiger partial charge in [0, 0.05) is 24.5 Å². The van der Waals surface area contributed by atoms with Crippen molar-refractivity contribution in [1.29, 1.82) is 0 Å². The van der Waals surface area contributed by atoms with Gasteiger partial charge in [0.15, 0.2) is 0 Å². The van der Waals surface area contributed by atoms with Crippen LogP contribution in [0.15, 0.2) is 65.4 Å². The lowest BCUT2D eigenvalue weighted by Crippen LogP contribution is -2.37. The Morgan fingerprint density at radius 1 is 1.00 bits per heavy atom. The Hall–Kier alpha value is -3.58. The first-order valence-electron chi connectivity index (χ1n) is 10.0. The molecule has 2 aliphatic rings. The van der Waals surface area contributed by atoms with Gasteiger partial charge in [-0.3, -0.25) is 4.98 Å². The van der Waals surface area contributed by atoms with Gasteiger partial charge in [0.25, 0.3) is 0 Å². The minimum absolute atomic E-state index is 0.0483. The first kappa shape index (κ1) is 19.4. The van der Waals surface area contributed by atoms with Crippen LogP contribution in [0.4, 0.5) is 14.5 Å². The normalized spacial score (nSPS) is 18.0. The van der Waals surface area contributed by atoms with E-state index < -0.39 is 11.6 Å². The molecule has 0 radical (unpaired) electrons. The maximum Gasteiger partial charge on any atom is 0.144 e. The van der Waals surface area contributed by atoms with Gasteiger partial charge in [-0.2, -0.15) is 0 Å². The number of nitrogens with zero attached hydrogens (tertiary/aromatic N) is 3. The molecule has 0 bridgehead atoms. The summed E-state index contributed by atoms with van der Waals surface area (Å²) in [6, 6.07) is 13.6. The highest BCUT2D eigenvalue weighted by Crippen LogP contribution is 2.37. The fraction of sp³-hybridized carbons (Fsp3) is 0.167. The monoisotopic (exact) mass is 417 g/mol. The Morgan fingerprint density at radius 3 is 2.48 bits per heavy atom. The molecule has 0 saturated heterocycles. The molecule has 2 aromatic carbocycles. The summed E-state index contributed by atoms with van der Waals surface area (Å²) in [4.78, 5) is 8.91. The van der Waals surface area contributed by atoms with E-state index in [1.165, 1.54) is 18.2 Å². The van der Waals surface area contributed by atoms with Crippen LogP contribution in [0.25, 0.3) is 16.8 Å². The number of likely N-dealkylation sites (N-methyl/N-ethyl adjacent to an activating group) is 1. The van der Waals surface area contributed by atoms with E-state index in [1.807, 2.05) is 56.2 Å². The van der Waals surface area contributed by atoms with Crippen molar-refractivity contribution in [3.63, 3.8) is 0 Å². The topological polar surface area (TPSA) is 52.6 Å². The van der Waals surface area contributed by atoms with E-state index >= 15 is 0 Å². The number of aliphatic imine (C=N–C) groups is 1. The van der Waals surface area contributed by atoms with E-state index in [9.17, 15) is 8.78 Å². The number of benzene rings is 2. The van der Waals surface area contributed by atoms with Crippen LogP contribution in [0.1, 0.15) is 23.7 Å². The van der Waals surface area contributed by atoms with Gasteiger partial charge < -0.3 is 10.7 Å². The Bertz CT molecular complexity index is 1240. The van der Waals surface area contributed by atoms with E-state index in [0.29, 0.717) is 5.69 Å².